The van der Waals surface area contributed by atoms with Crippen molar-refractivity contribution in [3.05, 3.63) is 50.7 Å². The van der Waals surface area contributed by atoms with Crippen LogP contribution >= 0.6 is 22.9 Å². The number of likely N-dealkylation sites (N-methyl/N-ethyl adjacent to an activating group) is 1. The van der Waals surface area contributed by atoms with Crippen LogP contribution in [0.1, 0.15) is 35.2 Å². The van der Waals surface area contributed by atoms with Crippen molar-refractivity contribution in [1.29, 1.82) is 0 Å². The van der Waals surface area contributed by atoms with Gasteiger partial charge in [-0.3, -0.25) is 0 Å². The van der Waals surface area contributed by atoms with E-state index in [9.17, 15) is 0 Å². The van der Waals surface area contributed by atoms with Crippen LogP contribution in [-0.4, -0.2) is 13.7 Å². The predicted molar refractivity (Wildman–Crippen MR) is 91.8 cm³/mol. The second kappa shape index (κ2) is 7.83. The van der Waals surface area contributed by atoms with Gasteiger partial charge in [0.25, 0.3) is 0 Å². The molecule has 0 radical (unpaired) electrons. The van der Waals surface area contributed by atoms with Crippen LogP contribution in [0.25, 0.3) is 0 Å². The lowest BCUT2D eigenvalue weighted by atomic mass is 10.0. The summed E-state index contributed by atoms with van der Waals surface area (Å²) in [6.07, 6.45) is 1.96. The van der Waals surface area contributed by atoms with Crippen molar-refractivity contribution in [1.82, 2.24) is 5.32 Å². The summed E-state index contributed by atoms with van der Waals surface area (Å²) in [5.74, 6) is 0.898. The lowest BCUT2D eigenvalue weighted by molar-refractivity contribution is 0.406. The maximum atomic E-state index is 6.13. The number of methoxy groups -OCH3 is 1. The summed E-state index contributed by atoms with van der Waals surface area (Å²) >= 11 is 8.02. The van der Waals surface area contributed by atoms with Crippen molar-refractivity contribution in [2.75, 3.05) is 13.7 Å². The van der Waals surface area contributed by atoms with Gasteiger partial charge < -0.3 is 10.1 Å². The van der Waals surface area contributed by atoms with Crippen molar-refractivity contribution in [2.24, 2.45) is 0 Å². The van der Waals surface area contributed by atoms with E-state index >= 15 is 0 Å². The molecule has 2 aromatic rings. The topological polar surface area (TPSA) is 21.3 Å². The first kappa shape index (κ1) is 16.3. The molecule has 1 atom stereocenters. The summed E-state index contributed by atoms with van der Waals surface area (Å²) in [5.41, 5.74) is 1.14. The van der Waals surface area contributed by atoms with Gasteiger partial charge in [-0.05, 0) is 55.3 Å². The number of hydrogen-bond acceptors (Lipinski definition) is 3. The Kier molecular flexibility index (Phi) is 6.09. The summed E-state index contributed by atoms with van der Waals surface area (Å²) in [4.78, 5) is 2.79. The molecular weight excluding hydrogens is 302 g/mol. The van der Waals surface area contributed by atoms with Crippen molar-refractivity contribution in [3.8, 4) is 5.75 Å². The fourth-order valence-corrected chi connectivity index (χ4v) is 3.64. The molecule has 1 aromatic carbocycles. The van der Waals surface area contributed by atoms with Crippen molar-refractivity contribution >= 4 is 22.9 Å². The van der Waals surface area contributed by atoms with Crippen LogP contribution in [0, 0.1) is 0 Å². The van der Waals surface area contributed by atoms with Crippen LogP contribution in [-0.2, 0) is 12.8 Å². The Balaban J connectivity index is 2.25. The van der Waals surface area contributed by atoms with E-state index in [-0.39, 0.29) is 0 Å². The zero-order valence-electron chi connectivity index (χ0n) is 12.8. The minimum atomic E-state index is 0.299. The fourth-order valence-electron chi connectivity index (χ4n) is 2.42. The lowest BCUT2D eigenvalue weighted by Crippen LogP contribution is -2.22. The van der Waals surface area contributed by atoms with Crippen LogP contribution in [0.5, 0.6) is 5.75 Å². The third-order valence-corrected chi connectivity index (χ3v) is 5.07. The predicted octanol–water partition coefficient (Wildman–Crippen LogP) is 4.87. The molecule has 0 fully saturated rings. The van der Waals surface area contributed by atoms with Gasteiger partial charge in [0.05, 0.1) is 7.11 Å². The molecule has 1 heterocycles. The van der Waals surface area contributed by atoms with Gasteiger partial charge in [-0.2, -0.15) is 0 Å². The number of aryl methyl sites for hydroxylation is 1. The van der Waals surface area contributed by atoms with Crippen molar-refractivity contribution in [2.45, 2.75) is 32.7 Å². The standard InChI is InChI=1S/C17H22ClNOS/c1-4-14-7-9-17(21-14)15(19-5-2)11-12-10-13(18)6-8-16(12)20-3/h6-10,15,19H,4-5,11H2,1-3H3. The number of ether oxygens (including phenoxy) is 1. The van der Waals surface area contributed by atoms with Gasteiger partial charge in [-0.1, -0.05) is 25.4 Å². The van der Waals surface area contributed by atoms with Gasteiger partial charge in [0.15, 0.2) is 0 Å². The molecular formula is C17H22ClNOS. The number of hydrogen-bond donors (Lipinski definition) is 1. The summed E-state index contributed by atoms with van der Waals surface area (Å²) in [5, 5.41) is 4.32. The third kappa shape index (κ3) is 4.22. The first-order valence-electron chi connectivity index (χ1n) is 7.32. The molecule has 0 aliphatic rings. The van der Waals surface area contributed by atoms with Crippen LogP contribution in [0.2, 0.25) is 5.02 Å². The van der Waals surface area contributed by atoms with E-state index in [2.05, 4.69) is 31.3 Å². The minimum absolute atomic E-state index is 0.299. The number of halogens is 1. The first-order chi connectivity index (χ1) is 10.2. The van der Waals surface area contributed by atoms with Gasteiger partial charge in [-0.25, -0.2) is 0 Å². The molecule has 2 rings (SSSR count). The Morgan fingerprint density at radius 1 is 1.24 bits per heavy atom. The molecule has 0 saturated carbocycles. The number of nitrogens with one attached hydrogen (secondary N) is 1. The molecule has 0 spiro atoms. The van der Waals surface area contributed by atoms with E-state index in [4.69, 9.17) is 16.3 Å². The number of rotatable bonds is 7. The molecule has 4 heteroatoms. The molecule has 21 heavy (non-hydrogen) atoms. The zero-order valence-corrected chi connectivity index (χ0v) is 14.4. The van der Waals surface area contributed by atoms with E-state index in [1.54, 1.807) is 7.11 Å². The zero-order chi connectivity index (χ0) is 15.2. The minimum Gasteiger partial charge on any atom is -0.496 e. The van der Waals surface area contributed by atoms with Gasteiger partial charge in [0.2, 0.25) is 0 Å². The van der Waals surface area contributed by atoms with Gasteiger partial charge in [-0.15, -0.1) is 11.3 Å². The molecule has 1 unspecified atom stereocenters. The van der Waals surface area contributed by atoms with Gasteiger partial charge in [0, 0.05) is 20.8 Å². The quantitative estimate of drug-likeness (QED) is 0.785. The largest absolute Gasteiger partial charge is 0.496 e. The summed E-state index contributed by atoms with van der Waals surface area (Å²) in [6, 6.07) is 10.6. The van der Waals surface area contributed by atoms with E-state index < -0.39 is 0 Å². The second-order valence-corrected chi connectivity index (χ2v) is 6.56. The smallest absolute Gasteiger partial charge is 0.122 e. The third-order valence-electron chi connectivity index (χ3n) is 3.49. The normalized spacial score (nSPS) is 12.4. The van der Waals surface area contributed by atoms with Gasteiger partial charge >= 0.3 is 0 Å². The Bertz CT molecular complexity index is 582. The maximum Gasteiger partial charge on any atom is 0.122 e. The van der Waals surface area contributed by atoms with Gasteiger partial charge in [0.1, 0.15) is 5.75 Å². The number of benzene rings is 1. The highest BCUT2D eigenvalue weighted by Crippen LogP contribution is 2.31. The molecule has 0 saturated heterocycles. The Morgan fingerprint density at radius 2 is 2.05 bits per heavy atom. The Hall–Kier alpha value is -1.03. The first-order valence-corrected chi connectivity index (χ1v) is 8.51. The average Bonchev–Trinajstić information content (AvgIpc) is 2.96. The highest BCUT2D eigenvalue weighted by atomic mass is 35.5. The van der Waals surface area contributed by atoms with E-state index in [0.717, 1.165) is 35.7 Å². The molecule has 0 aliphatic heterocycles. The molecule has 1 N–H and O–H groups in total. The van der Waals surface area contributed by atoms with Crippen LogP contribution in [0.3, 0.4) is 0 Å². The van der Waals surface area contributed by atoms with Crippen LogP contribution < -0.4 is 10.1 Å². The molecule has 2 nitrogen and oxygen atoms in total. The van der Waals surface area contributed by atoms with E-state index in [1.807, 2.05) is 29.5 Å². The molecule has 114 valence electrons. The van der Waals surface area contributed by atoms with Crippen molar-refractivity contribution < 1.29 is 4.74 Å². The van der Waals surface area contributed by atoms with Crippen LogP contribution in [0.4, 0.5) is 0 Å². The maximum absolute atomic E-state index is 6.13. The van der Waals surface area contributed by atoms with E-state index in [0.29, 0.717) is 6.04 Å². The summed E-state index contributed by atoms with van der Waals surface area (Å²) in [7, 11) is 1.70. The highest BCUT2D eigenvalue weighted by Gasteiger charge is 2.16. The summed E-state index contributed by atoms with van der Waals surface area (Å²) in [6.45, 7) is 5.27. The number of thiophene rings is 1. The summed E-state index contributed by atoms with van der Waals surface area (Å²) < 4.78 is 5.46. The lowest BCUT2D eigenvalue weighted by Gasteiger charge is -2.18. The molecule has 1 aromatic heterocycles. The monoisotopic (exact) mass is 323 g/mol. The Morgan fingerprint density at radius 3 is 2.67 bits per heavy atom. The van der Waals surface area contributed by atoms with Crippen molar-refractivity contribution in [3.63, 3.8) is 0 Å². The highest BCUT2D eigenvalue weighted by molar-refractivity contribution is 7.12. The second-order valence-electron chi connectivity index (χ2n) is 4.93. The Labute approximate surface area is 136 Å². The van der Waals surface area contributed by atoms with E-state index in [1.165, 1.54) is 9.75 Å². The molecule has 0 aliphatic carbocycles. The van der Waals surface area contributed by atoms with Crippen LogP contribution in [0.15, 0.2) is 30.3 Å². The fraction of sp³-hybridized carbons (Fsp3) is 0.412. The molecule has 0 amide bonds. The SMILES string of the molecule is CCNC(Cc1cc(Cl)ccc1OC)c1ccc(CC)s1. The molecule has 0 bridgehead atoms. The average molecular weight is 324 g/mol.